The molecule has 0 spiro atoms. The van der Waals surface area contributed by atoms with Crippen molar-refractivity contribution in [2.45, 2.75) is 122 Å². The Kier molecular flexibility index (Phi) is 10.7. The number of furan rings is 1. The topological polar surface area (TPSA) is 86.5 Å². The minimum absolute atomic E-state index is 0.0863. The van der Waals surface area contributed by atoms with Crippen LogP contribution in [0.1, 0.15) is 91.3 Å². The number of hydrogen-bond acceptors (Lipinski definition) is 7. The molecule has 0 aliphatic heterocycles. The molecule has 40 heavy (non-hydrogen) atoms. The number of rotatable bonds is 12. The fraction of sp³-hybridized carbons (Fsp3) is 0.700. The van der Waals surface area contributed by atoms with Crippen molar-refractivity contribution in [2.24, 2.45) is 5.92 Å². The number of ketones is 1. The summed E-state index contributed by atoms with van der Waals surface area (Å²) in [5.41, 5.74) is 1.90. The van der Waals surface area contributed by atoms with E-state index in [2.05, 4.69) is 107 Å². The zero-order valence-electron chi connectivity index (χ0n) is 26.3. The van der Waals surface area contributed by atoms with Crippen LogP contribution in [0.4, 0.5) is 5.82 Å². The van der Waals surface area contributed by atoms with Gasteiger partial charge in [-0.2, -0.15) is 0 Å². The third-order valence-electron chi connectivity index (χ3n) is 9.25. The number of hydrogen-bond donors (Lipinski definition) is 1. The van der Waals surface area contributed by atoms with Gasteiger partial charge in [-0.1, -0.05) is 62.3 Å². The lowest BCUT2D eigenvalue weighted by Gasteiger charge is -2.45. The molecule has 10 heteroatoms. The monoisotopic (exact) mass is 651 g/mol. The Bertz CT molecular complexity index is 1120. The fourth-order valence-electron chi connectivity index (χ4n) is 6.10. The van der Waals surface area contributed by atoms with Gasteiger partial charge in [-0.15, -0.1) is 0 Å². The number of nitrogens with one attached hydrogen (secondary N) is 1. The zero-order valence-corrected chi connectivity index (χ0v) is 29.9. The van der Waals surface area contributed by atoms with Crippen LogP contribution >= 0.6 is 15.9 Å². The van der Waals surface area contributed by atoms with Crippen LogP contribution in [0.25, 0.3) is 0 Å². The fourth-order valence-corrected chi connectivity index (χ4v) is 13.1. The van der Waals surface area contributed by atoms with E-state index in [0.717, 1.165) is 12.8 Å². The minimum atomic E-state index is -2.11. The highest BCUT2D eigenvalue weighted by Crippen LogP contribution is 2.46. The first-order valence-corrected chi connectivity index (χ1v) is 20.5. The van der Waals surface area contributed by atoms with Crippen LogP contribution in [0.5, 0.6) is 0 Å². The molecule has 1 N–H and O–H groups in total. The third kappa shape index (κ3) is 7.17. The maximum absolute atomic E-state index is 13.2. The van der Waals surface area contributed by atoms with Gasteiger partial charge in [0.25, 0.3) is 0 Å². The van der Waals surface area contributed by atoms with Crippen molar-refractivity contribution in [2.75, 3.05) is 11.9 Å². The molecule has 2 aromatic rings. The second-order valence-corrected chi connectivity index (χ2v) is 24.8. The van der Waals surface area contributed by atoms with Gasteiger partial charge in [0.05, 0.1) is 11.7 Å². The van der Waals surface area contributed by atoms with E-state index in [1.807, 2.05) is 0 Å². The van der Waals surface area contributed by atoms with Crippen LogP contribution < -0.4 is 5.32 Å². The number of halogens is 1. The van der Waals surface area contributed by atoms with Crippen molar-refractivity contribution in [3.05, 3.63) is 40.7 Å². The SMILES string of the molecule is CC(C)[Si](O[C@H]1C[C@H](Nc2ncncc2C(=O)c2ccc(Br)o2)C[C@@H]1CO[Si](C)(C)C(C)(C)C)(C(C)C)C(C)C. The van der Waals surface area contributed by atoms with Gasteiger partial charge in [0.2, 0.25) is 14.1 Å². The van der Waals surface area contributed by atoms with E-state index in [1.165, 1.54) is 6.33 Å². The molecule has 7 nitrogen and oxygen atoms in total. The summed E-state index contributed by atoms with van der Waals surface area (Å²) in [5, 5.41) is 3.74. The smallest absolute Gasteiger partial charge is 0.233 e. The average molecular weight is 653 g/mol. The molecule has 2 aromatic heterocycles. The van der Waals surface area contributed by atoms with Crippen LogP contribution in [0, 0.1) is 5.92 Å². The first-order chi connectivity index (χ1) is 18.5. The first-order valence-electron chi connectivity index (χ1n) is 14.7. The lowest BCUT2D eigenvalue weighted by Crippen LogP contribution is -2.51. The summed E-state index contributed by atoms with van der Waals surface area (Å²) < 4.78 is 20.2. The molecule has 3 atom stereocenters. The Morgan fingerprint density at radius 2 is 1.73 bits per heavy atom. The van der Waals surface area contributed by atoms with Gasteiger partial charge in [0, 0.05) is 24.8 Å². The first kappa shape index (κ1) is 33.2. The molecule has 3 rings (SSSR count). The Labute approximate surface area is 252 Å². The summed E-state index contributed by atoms with van der Waals surface area (Å²) in [6, 6.07) is 3.47. The molecule has 1 aliphatic rings. The van der Waals surface area contributed by atoms with E-state index < -0.39 is 16.6 Å². The van der Waals surface area contributed by atoms with Crippen LogP contribution in [0.2, 0.25) is 34.8 Å². The minimum Gasteiger partial charge on any atom is -0.446 e. The molecule has 2 heterocycles. The molecular weight excluding hydrogens is 602 g/mol. The Morgan fingerprint density at radius 3 is 2.25 bits per heavy atom. The molecule has 0 aromatic carbocycles. The van der Waals surface area contributed by atoms with Crippen LogP contribution in [-0.2, 0) is 8.85 Å². The predicted octanol–water partition coefficient (Wildman–Crippen LogP) is 8.84. The van der Waals surface area contributed by atoms with Crippen LogP contribution in [0.3, 0.4) is 0 Å². The summed E-state index contributed by atoms with van der Waals surface area (Å²) in [6.07, 6.45) is 4.86. The third-order valence-corrected chi connectivity index (χ3v) is 20.3. The van der Waals surface area contributed by atoms with E-state index in [4.69, 9.17) is 13.3 Å². The van der Waals surface area contributed by atoms with Crippen molar-refractivity contribution in [1.82, 2.24) is 9.97 Å². The van der Waals surface area contributed by atoms with Gasteiger partial charge in [-0.3, -0.25) is 4.79 Å². The number of nitrogens with zero attached hydrogens (tertiary/aromatic N) is 2. The highest BCUT2D eigenvalue weighted by molar-refractivity contribution is 9.10. The van der Waals surface area contributed by atoms with Crippen molar-refractivity contribution < 1.29 is 18.1 Å². The number of aromatic nitrogens is 2. The summed E-state index contributed by atoms with van der Waals surface area (Å²) in [4.78, 5) is 21.8. The summed E-state index contributed by atoms with van der Waals surface area (Å²) in [6.45, 7) is 26.2. The number of anilines is 1. The van der Waals surface area contributed by atoms with Crippen LogP contribution in [0.15, 0.2) is 33.7 Å². The second kappa shape index (κ2) is 12.9. The summed E-state index contributed by atoms with van der Waals surface area (Å²) in [7, 11) is -4.03. The molecule has 0 amide bonds. The van der Waals surface area contributed by atoms with Gasteiger partial charge < -0.3 is 18.6 Å². The van der Waals surface area contributed by atoms with E-state index in [9.17, 15) is 4.79 Å². The number of carbonyl (C=O) groups excluding carboxylic acids is 1. The van der Waals surface area contributed by atoms with Gasteiger partial charge in [-0.25, -0.2) is 9.97 Å². The zero-order chi connectivity index (χ0) is 30.0. The Hall–Kier alpha value is -1.34. The van der Waals surface area contributed by atoms with E-state index >= 15 is 0 Å². The van der Waals surface area contributed by atoms with E-state index in [1.54, 1.807) is 18.3 Å². The molecule has 0 bridgehead atoms. The molecule has 224 valence electrons. The molecule has 0 unspecified atom stereocenters. The molecule has 1 fully saturated rings. The lowest BCUT2D eigenvalue weighted by atomic mass is 10.1. The molecule has 1 saturated carbocycles. The molecular formula is C30H50BrN3O4Si2. The maximum Gasteiger partial charge on any atom is 0.233 e. The highest BCUT2D eigenvalue weighted by atomic mass is 79.9. The predicted molar refractivity (Wildman–Crippen MR) is 171 cm³/mol. The summed E-state index contributed by atoms with van der Waals surface area (Å²) in [5.74, 6) is 0.793. The molecule has 0 radical (unpaired) electrons. The van der Waals surface area contributed by atoms with Gasteiger partial charge in [0.1, 0.15) is 12.1 Å². The maximum atomic E-state index is 13.2. The van der Waals surface area contributed by atoms with Gasteiger partial charge in [-0.05, 0) is 75.7 Å². The van der Waals surface area contributed by atoms with Gasteiger partial charge >= 0.3 is 0 Å². The largest absolute Gasteiger partial charge is 0.446 e. The van der Waals surface area contributed by atoms with Crippen molar-refractivity contribution in [3.8, 4) is 0 Å². The van der Waals surface area contributed by atoms with Crippen molar-refractivity contribution in [1.29, 1.82) is 0 Å². The Balaban J connectivity index is 1.89. The average Bonchev–Trinajstić information content (AvgIpc) is 3.45. The molecule has 1 aliphatic carbocycles. The van der Waals surface area contributed by atoms with Gasteiger partial charge in [0.15, 0.2) is 18.7 Å². The van der Waals surface area contributed by atoms with E-state index in [0.29, 0.717) is 39.3 Å². The number of carbonyl (C=O) groups is 1. The van der Waals surface area contributed by atoms with Crippen molar-refractivity contribution in [3.63, 3.8) is 0 Å². The van der Waals surface area contributed by atoms with Crippen molar-refractivity contribution >= 4 is 44.2 Å². The van der Waals surface area contributed by atoms with Crippen LogP contribution in [-0.4, -0.2) is 51.1 Å². The standard InChI is InChI=1S/C30H50BrN3O4Si2/c1-19(2)40(20(3)4,21(5)6)38-26-15-23(14-22(26)17-36-39(10,11)30(7,8)9)34-29-24(16-32-18-33-29)28(35)25-12-13-27(31)37-25/h12-13,16,18-23,26H,14-15,17H2,1-11H3,(H,32,33,34)/t22-,23-,26+/m1/s1. The van der Waals surface area contributed by atoms with E-state index in [-0.39, 0.29) is 34.6 Å². The lowest BCUT2D eigenvalue weighted by molar-refractivity contribution is 0.0971. The second-order valence-electron chi connectivity index (χ2n) is 13.8. The summed E-state index contributed by atoms with van der Waals surface area (Å²) >= 11 is 3.28. The highest BCUT2D eigenvalue weighted by Gasteiger charge is 2.50. The normalized spacial score (nSPS) is 20.6. The quantitative estimate of drug-likeness (QED) is 0.181. The Morgan fingerprint density at radius 1 is 1.10 bits per heavy atom. The molecule has 0 saturated heterocycles.